The van der Waals surface area contributed by atoms with Gasteiger partial charge in [0.2, 0.25) is 0 Å². The van der Waals surface area contributed by atoms with Gasteiger partial charge in [-0.05, 0) is 42.8 Å². The number of hydrogen-bond acceptors (Lipinski definition) is 3. The van der Waals surface area contributed by atoms with E-state index in [1.165, 1.54) is 0 Å². The summed E-state index contributed by atoms with van der Waals surface area (Å²) in [5, 5.41) is 8.08. The van der Waals surface area contributed by atoms with Crippen LogP contribution in [0.2, 0.25) is 5.15 Å². The van der Waals surface area contributed by atoms with E-state index in [-0.39, 0.29) is 5.54 Å². The van der Waals surface area contributed by atoms with Crippen molar-refractivity contribution in [3.05, 3.63) is 39.8 Å². The molecule has 0 spiro atoms. The molecule has 4 nitrogen and oxygen atoms in total. The highest BCUT2D eigenvalue weighted by atomic mass is 79.9. The largest absolute Gasteiger partial charge is 0.378 e. The fraction of sp³-hybridized carbons (Fsp3) is 0.385. The number of nitrogens with one attached hydrogen (secondary N) is 1. The molecule has 0 fully saturated rings. The first-order chi connectivity index (χ1) is 8.86. The van der Waals surface area contributed by atoms with E-state index in [9.17, 15) is 0 Å². The summed E-state index contributed by atoms with van der Waals surface area (Å²) in [7, 11) is 0. The summed E-state index contributed by atoms with van der Waals surface area (Å²) in [5.41, 5.74) is 1.90. The lowest BCUT2D eigenvalue weighted by Crippen LogP contribution is -2.21. The SMILES string of the molecule is CC(C)(C)n1cc(CNc2cc(Br)cnc2Cl)cn1. The zero-order valence-corrected chi connectivity index (χ0v) is 13.5. The van der Waals surface area contributed by atoms with Crippen molar-refractivity contribution in [1.82, 2.24) is 14.8 Å². The number of nitrogens with zero attached hydrogens (tertiary/aromatic N) is 3. The van der Waals surface area contributed by atoms with Gasteiger partial charge in [0.15, 0.2) is 5.15 Å². The Morgan fingerprint density at radius 1 is 1.37 bits per heavy atom. The standard InChI is InChI=1S/C13H16BrClN4/c1-13(2,3)19-8-9(6-18-19)5-16-11-4-10(14)7-17-12(11)15/h4,6-8,16H,5H2,1-3H3. The van der Waals surface area contributed by atoms with Crippen molar-refractivity contribution in [3.63, 3.8) is 0 Å². The van der Waals surface area contributed by atoms with Crippen LogP contribution < -0.4 is 5.32 Å². The van der Waals surface area contributed by atoms with Crippen LogP contribution in [0, 0.1) is 0 Å². The molecule has 2 aromatic rings. The molecule has 0 aliphatic heterocycles. The molecule has 0 saturated carbocycles. The van der Waals surface area contributed by atoms with Gasteiger partial charge < -0.3 is 5.32 Å². The first kappa shape index (κ1) is 14.3. The monoisotopic (exact) mass is 342 g/mol. The van der Waals surface area contributed by atoms with E-state index >= 15 is 0 Å². The third kappa shape index (κ3) is 3.70. The Kier molecular flexibility index (Phi) is 4.16. The van der Waals surface area contributed by atoms with E-state index in [0.717, 1.165) is 15.7 Å². The highest BCUT2D eigenvalue weighted by Gasteiger charge is 2.13. The van der Waals surface area contributed by atoms with E-state index in [2.05, 4.69) is 52.1 Å². The summed E-state index contributed by atoms with van der Waals surface area (Å²) in [6.07, 6.45) is 5.56. The molecular weight excluding hydrogens is 328 g/mol. The maximum atomic E-state index is 6.02. The third-order valence-corrected chi connectivity index (χ3v) is 3.35. The molecule has 2 heterocycles. The van der Waals surface area contributed by atoms with Crippen molar-refractivity contribution >= 4 is 33.2 Å². The average Bonchev–Trinajstić information content (AvgIpc) is 2.79. The maximum Gasteiger partial charge on any atom is 0.152 e. The van der Waals surface area contributed by atoms with Crippen molar-refractivity contribution in [2.24, 2.45) is 0 Å². The Morgan fingerprint density at radius 3 is 2.74 bits per heavy atom. The van der Waals surface area contributed by atoms with Gasteiger partial charge in [0.05, 0.1) is 17.4 Å². The minimum absolute atomic E-state index is 0.00672. The lowest BCUT2D eigenvalue weighted by Gasteiger charge is -2.18. The van der Waals surface area contributed by atoms with Gasteiger partial charge in [-0.1, -0.05) is 11.6 Å². The van der Waals surface area contributed by atoms with Crippen LogP contribution in [0.1, 0.15) is 26.3 Å². The second-order valence-electron chi connectivity index (χ2n) is 5.31. The first-order valence-corrected chi connectivity index (χ1v) is 7.12. The predicted octanol–water partition coefficient (Wildman–Crippen LogP) is 4.06. The Hall–Kier alpha value is -1.07. The number of halogens is 2. The Labute approximate surface area is 126 Å². The summed E-state index contributed by atoms with van der Waals surface area (Å²) in [6.45, 7) is 7.01. The van der Waals surface area contributed by atoms with Crippen molar-refractivity contribution in [2.45, 2.75) is 32.9 Å². The first-order valence-electron chi connectivity index (χ1n) is 5.95. The minimum atomic E-state index is -0.00672. The van der Waals surface area contributed by atoms with Gasteiger partial charge in [-0.2, -0.15) is 5.10 Å². The molecule has 0 aliphatic carbocycles. The fourth-order valence-corrected chi connectivity index (χ4v) is 2.06. The highest BCUT2D eigenvalue weighted by molar-refractivity contribution is 9.10. The van der Waals surface area contributed by atoms with E-state index < -0.39 is 0 Å². The van der Waals surface area contributed by atoms with E-state index in [1.807, 2.05) is 23.1 Å². The molecule has 2 aromatic heterocycles. The molecule has 102 valence electrons. The average molecular weight is 344 g/mol. The van der Waals surface area contributed by atoms with Crippen molar-refractivity contribution < 1.29 is 0 Å². The quantitative estimate of drug-likeness (QED) is 0.855. The number of pyridine rings is 1. The lowest BCUT2D eigenvalue weighted by molar-refractivity contribution is 0.355. The van der Waals surface area contributed by atoms with Crippen molar-refractivity contribution in [1.29, 1.82) is 0 Å². The van der Waals surface area contributed by atoms with Gasteiger partial charge >= 0.3 is 0 Å². The zero-order valence-electron chi connectivity index (χ0n) is 11.1. The van der Waals surface area contributed by atoms with Crippen LogP contribution in [0.15, 0.2) is 29.1 Å². The highest BCUT2D eigenvalue weighted by Crippen LogP contribution is 2.23. The van der Waals surface area contributed by atoms with E-state index in [0.29, 0.717) is 11.7 Å². The molecule has 0 aromatic carbocycles. The zero-order chi connectivity index (χ0) is 14.0. The van der Waals surface area contributed by atoms with Crippen LogP contribution in [0.4, 0.5) is 5.69 Å². The Bertz CT molecular complexity index is 574. The van der Waals surface area contributed by atoms with Gasteiger partial charge in [-0.25, -0.2) is 4.98 Å². The molecule has 2 rings (SSSR count). The summed E-state index contributed by atoms with van der Waals surface area (Å²) >= 11 is 9.40. The van der Waals surface area contributed by atoms with Gasteiger partial charge in [-0.3, -0.25) is 4.68 Å². The topological polar surface area (TPSA) is 42.7 Å². The normalized spacial score (nSPS) is 11.6. The van der Waals surface area contributed by atoms with Crippen molar-refractivity contribution in [2.75, 3.05) is 5.32 Å². The summed E-state index contributed by atoms with van der Waals surface area (Å²) in [4.78, 5) is 4.07. The summed E-state index contributed by atoms with van der Waals surface area (Å²) < 4.78 is 2.84. The molecule has 0 atom stereocenters. The minimum Gasteiger partial charge on any atom is -0.378 e. The molecule has 0 saturated heterocycles. The molecule has 1 N–H and O–H groups in total. The van der Waals surface area contributed by atoms with Crippen molar-refractivity contribution in [3.8, 4) is 0 Å². The number of aromatic nitrogens is 3. The van der Waals surface area contributed by atoms with Crippen LogP contribution in [0.3, 0.4) is 0 Å². The van der Waals surface area contributed by atoms with Gasteiger partial charge in [0.25, 0.3) is 0 Å². The van der Waals surface area contributed by atoms with Gasteiger partial charge in [-0.15, -0.1) is 0 Å². The second kappa shape index (κ2) is 5.51. The fourth-order valence-electron chi connectivity index (χ4n) is 1.56. The Balaban J connectivity index is 2.06. The molecule has 19 heavy (non-hydrogen) atoms. The number of rotatable bonds is 3. The number of anilines is 1. The summed E-state index contributed by atoms with van der Waals surface area (Å²) in [6, 6.07) is 1.91. The predicted molar refractivity (Wildman–Crippen MR) is 81.5 cm³/mol. The second-order valence-corrected chi connectivity index (χ2v) is 6.58. The van der Waals surface area contributed by atoms with E-state index in [4.69, 9.17) is 11.6 Å². The molecule has 0 amide bonds. The molecule has 0 unspecified atom stereocenters. The molecule has 0 bridgehead atoms. The summed E-state index contributed by atoms with van der Waals surface area (Å²) in [5.74, 6) is 0. The van der Waals surface area contributed by atoms with Gasteiger partial charge in [0, 0.05) is 29.0 Å². The number of hydrogen-bond donors (Lipinski definition) is 1. The molecule has 0 aliphatic rings. The van der Waals surface area contributed by atoms with Crippen LogP contribution in [-0.4, -0.2) is 14.8 Å². The van der Waals surface area contributed by atoms with Crippen LogP contribution >= 0.6 is 27.5 Å². The lowest BCUT2D eigenvalue weighted by atomic mass is 10.1. The van der Waals surface area contributed by atoms with Gasteiger partial charge in [0.1, 0.15) is 0 Å². The molecular formula is C13H16BrClN4. The van der Waals surface area contributed by atoms with Crippen LogP contribution in [0.25, 0.3) is 0 Å². The third-order valence-electron chi connectivity index (χ3n) is 2.61. The van der Waals surface area contributed by atoms with E-state index in [1.54, 1.807) is 6.20 Å². The smallest absolute Gasteiger partial charge is 0.152 e. The Morgan fingerprint density at radius 2 is 2.11 bits per heavy atom. The molecule has 0 radical (unpaired) electrons. The van der Waals surface area contributed by atoms with Crippen LogP contribution in [0.5, 0.6) is 0 Å². The molecule has 6 heteroatoms. The van der Waals surface area contributed by atoms with Crippen LogP contribution in [-0.2, 0) is 12.1 Å². The maximum absolute atomic E-state index is 6.02.